The summed E-state index contributed by atoms with van der Waals surface area (Å²) in [6.45, 7) is 2.91. The molecule has 1 aliphatic rings. The number of nitrogens with one attached hydrogen (secondary N) is 1. The number of ether oxygens (including phenoxy) is 1. The van der Waals surface area contributed by atoms with E-state index < -0.39 is 11.7 Å². The van der Waals surface area contributed by atoms with Crippen LogP contribution in [0.25, 0.3) is 0 Å². The quantitative estimate of drug-likeness (QED) is 0.791. The lowest BCUT2D eigenvalue weighted by Crippen LogP contribution is -2.40. The Morgan fingerprint density at radius 2 is 2.38 bits per heavy atom. The second-order valence-electron chi connectivity index (χ2n) is 5.26. The van der Waals surface area contributed by atoms with Crippen LogP contribution in [0.4, 0.5) is 10.1 Å². The summed E-state index contributed by atoms with van der Waals surface area (Å²) in [5.41, 5.74) is 6.25. The Morgan fingerprint density at radius 1 is 1.57 bits per heavy atom. The van der Waals surface area contributed by atoms with Gasteiger partial charge in [-0.15, -0.1) is 0 Å². The lowest BCUT2D eigenvalue weighted by atomic mass is 10.1. The second kappa shape index (κ2) is 7.38. The largest absolute Gasteiger partial charge is 0.383 e. The molecule has 1 aliphatic heterocycles. The summed E-state index contributed by atoms with van der Waals surface area (Å²) >= 11 is 0. The van der Waals surface area contributed by atoms with E-state index in [0.717, 1.165) is 25.9 Å². The average molecular weight is 295 g/mol. The van der Waals surface area contributed by atoms with Crippen LogP contribution in [0.15, 0.2) is 18.2 Å². The normalized spacial score (nSPS) is 17.9. The molecule has 1 aromatic rings. The standard InChI is InChI=1S/C15H22FN3O2/c1-21-8-7-19(10-12-3-2-6-18-12)14-5-4-11(16)9-13(14)15(17)20/h4-5,9,12,18H,2-3,6-8,10H2,1H3,(H2,17,20). The Morgan fingerprint density at radius 3 is 3.00 bits per heavy atom. The molecule has 1 unspecified atom stereocenters. The predicted molar refractivity (Wildman–Crippen MR) is 80.0 cm³/mol. The number of hydrogen-bond donors (Lipinski definition) is 2. The van der Waals surface area contributed by atoms with Gasteiger partial charge in [-0.3, -0.25) is 4.79 Å². The van der Waals surface area contributed by atoms with E-state index in [0.29, 0.717) is 24.9 Å². The van der Waals surface area contributed by atoms with E-state index in [1.54, 1.807) is 13.2 Å². The molecule has 1 amide bonds. The van der Waals surface area contributed by atoms with E-state index >= 15 is 0 Å². The molecular formula is C15H22FN3O2. The highest BCUT2D eigenvalue weighted by atomic mass is 19.1. The first-order valence-corrected chi connectivity index (χ1v) is 7.18. The van der Waals surface area contributed by atoms with Crippen molar-refractivity contribution in [1.82, 2.24) is 5.32 Å². The highest BCUT2D eigenvalue weighted by Crippen LogP contribution is 2.23. The summed E-state index contributed by atoms with van der Waals surface area (Å²) in [5.74, 6) is -1.08. The monoisotopic (exact) mass is 295 g/mol. The fourth-order valence-electron chi connectivity index (χ4n) is 2.67. The fraction of sp³-hybridized carbons (Fsp3) is 0.533. The van der Waals surface area contributed by atoms with Crippen molar-refractivity contribution in [1.29, 1.82) is 0 Å². The van der Waals surface area contributed by atoms with Crippen molar-refractivity contribution in [2.45, 2.75) is 18.9 Å². The zero-order valence-electron chi connectivity index (χ0n) is 12.3. The fourth-order valence-corrected chi connectivity index (χ4v) is 2.67. The SMILES string of the molecule is COCCN(CC1CCCN1)c1ccc(F)cc1C(N)=O. The van der Waals surface area contributed by atoms with Gasteiger partial charge >= 0.3 is 0 Å². The number of anilines is 1. The van der Waals surface area contributed by atoms with Gasteiger partial charge in [-0.2, -0.15) is 0 Å². The van der Waals surface area contributed by atoms with Gasteiger partial charge in [0, 0.05) is 31.9 Å². The number of hydrogen-bond acceptors (Lipinski definition) is 4. The predicted octanol–water partition coefficient (Wildman–Crippen LogP) is 1.13. The van der Waals surface area contributed by atoms with Gasteiger partial charge in [-0.1, -0.05) is 0 Å². The van der Waals surface area contributed by atoms with E-state index in [1.165, 1.54) is 12.1 Å². The molecule has 1 fully saturated rings. The first kappa shape index (κ1) is 15.7. The molecule has 1 atom stereocenters. The van der Waals surface area contributed by atoms with Gasteiger partial charge in [0.2, 0.25) is 0 Å². The molecule has 2 rings (SSSR count). The first-order valence-electron chi connectivity index (χ1n) is 7.18. The van der Waals surface area contributed by atoms with Crippen LogP contribution in [0, 0.1) is 5.82 Å². The van der Waals surface area contributed by atoms with Crippen LogP contribution in [-0.2, 0) is 4.74 Å². The summed E-state index contributed by atoms with van der Waals surface area (Å²) in [4.78, 5) is 13.6. The number of benzene rings is 1. The smallest absolute Gasteiger partial charge is 0.250 e. The van der Waals surface area contributed by atoms with E-state index in [-0.39, 0.29) is 5.56 Å². The number of primary amides is 1. The van der Waals surface area contributed by atoms with Crippen LogP contribution < -0.4 is 16.0 Å². The van der Waals surface area contributed by atoms with E-state index in [4.69, 9.17) is 10.5 Å². The van der Waals surface area contributed by atoms with Crippen molar-refractivity contribution in [2.24, 2.45) is 5.73 Å². The van der Waals surface area contributed by atoms with Crippen LogP contribution in [0.5, 0.6) is 0 Å². The van der Waals surface area contributed by atoms with Gasteiger partial charge in [0.1, 0.15) is 5.82 Å². The topological polar surface area (TPSA) is 67.6 Å². The van der Waals surface area contributed by atoms with Gasteiger partial charge < -0.3 is 20.7 Å². The van der Waals surface area contributed by atoms with E-state index in [9.17, 15) is 9.18 Å². The maximum absolute atomic E-state index is 13.4. The Bertz CT molecular complexity index is 490. The summed E-state index contributed by atoms with van der Waals surface area (Å²) in [6.07, 6.45) is 2.24. The molecule has 0 radical (unpaired) electrons. The van der Waals surface area contributed by atoms with E-state index in [1.807, 2.05) is 4.90 Å². The molecule has 3 N–H and O–H groups in total. The summed E-state index contributed by atoms with van der Waals surface area (Å²) in [7, 11) is 1.63. The zero-order chi connectivity index (χ0) is 15.2. The molecule has 6 heteroatoms. The zero-order valence-corrected chi connectivity index (χ0v) is 12.3. The number of rotatable bonds is 7. The Hall–Kier alpha value is -1.66. The molecule has 1 aromatic carbocycles. The second-order valence-corrected chi connectivity index (χ2v) is 5.26. The number of nitrogens with zero attached hydrogens (tertiary/aromatic N) is 1. The molecule has 0 spiro atoms. The Labute approximate surface area is 124 Å². The number of methoxy groups -OCH3 is 1. The van der Waals surface area contributed by atoms with Gasteiger partial charge in [-0.25, -0.2) is 4.39 Å². The Balaban J connectivity index is 2.23. The number of halogens is 1. The number of carbonyl (C=O) groups is 1. The summed E-state index contributed by atoms with van der Waals surface area (Å²) in [6, 6.07) is 4.52. The van der Waals surface area contributed by atoms with Crippen LogP contribution in [0.2, 0.25) is 0 Å². The number of amides is 1. The molecule has 1 saturated heterocycles. The third kappa shape index (κ3) is 4.15. The van der Waals surface area contributed by atoms with Gasteiger partial charge in [0.15, 0.2) is 0 Å². The molecular weight excluding hydrogens is 273 g/mol. The first-order chi connectivity index (χ1) is 10.1. The summed E-state index contributed by atoms with van der Waals surface area (Å²) < 4.78 is 18.5. The van der Waals surface area contributed by atoms with Crippen molar-refractivity contribution in [3.05, 3.63) is 29.6 Å². The van der Waals surface area contributed by atoms with Crippen LogP contribution in [0.1, 0.15) is 23.2 Å². The minimum Gasteiger partial charge on any atom is -0.383 e. The lowest BCUT2D eigenvalue weighted by molar-refractivity contribution is 0.1000. The highest BCUT2D eigenvalue weighted by Gasteiger charge is 2.21. The van der Waals surface area contributed by atoms with Crippen molar-refractivity contribution >= 4 is 11.6 Å². The summed E-state index contributed by atoms with van der Waals surface area (Å²) in [5, 5.41) is 3.42. The molecule has 21 heavy (non-hydrogen) atoms. The molecule has 0 bridgehead atoms. The maximum Gasteiger partial charge on any atom is 0.250 e. The minimum atomic E-state index is -0.619. The third-order valence-electron chi connectivity index (χ3n) is 3.73. The maximum atomic E-state index is 13.4. The van der Waals surface area contributed by atoms with Crippen molar-refractivity contribution in [3.8, 4) is 0 Å². The van der Waals surface area contributed by atoms with Crippen LogP contribution >= 0.6 is 0 Å². The number of carbonyl (C=O) groups excluding carboxylic acids is 1. The minimum absolute atomic E-state index is 0.212. The van der Waals surface area contributed by atoms with Gasteiger partial charge in [0.25, 0.3) is 5.91 Å². The van der Waals surface area contributed by atoms with Gasteiger partial charge in [0.05, 0.1) is 12.2 Å². The average Bonchev–Trinajstić information content (AvgIpc) is 2.96. The molecule has 0 aliphatic carbocycles. The van der Waals surface area contributed by atoms with Crippen molar-refractivity contribution in [2.75, 3.05) is 38.3 Å². The molecule has 5 nitrogen and oxygen atoms in total. The highest BCUT2D eigenvalue weighted by molar-refractivity contribution is 5.98. The Kier molecular flexibility index (Phi) is 5.52. The lowest BCUT2D eigenvalue weighted by Gasteiger charge is -2.29. The number of nitrogens with two attached hydrogens (primary N) is 1. The third-order valence-corrected chi connectivity index (χ3v) is 3.73. The molecule has 1 heterocycles. The van der Waals surface area contributed by atoms with Crippen LogP contribution in [0.3, 0.4) is 0 Å². The molecule has 0 saturated carbocycles. The molecule has 116 valence electrons. The van der Waals surface area contributed by atoms with E-state index in [2.05, 4.69) is 5.32 Å². The van der Waals surface area contributed by atoms with Crippen molar-refractivity contribution < 1.29 is 13.9 Å². The van der Waals surface area contributed by atoms with Crippen molar-refractivity contribution in [3.63, 3.8) is 0 Å². The van der Waals surface area contributed by atoms with Crippen LogP contribution in [-0.4, -0.2) is 45.3 Å². The van der Waals surface area contributed by atoms with Gasteiger partial charge in [-0.05, 0) is 37.6 Å². The molecule has 0 aromatic heterocycles.